The molecule has 3 aromatic heterocycles. The first-order valence-electron chi connectivity index (χ1n) is 11.5. The Labute approximate surface area is 202 Å². The molecule has 0 aromatic carbocycles. The summed E-state index contributed by atoms with van der Waals surface area (Å²) < 4.78 is 0. The van der Waals surface area contributed by atoms with Crippen LogP contribution in [0.3, 0.4) is 0 Å². The highest BCUT2D eigenvalue weighted by atomic mass is 16.3. The minimum atomic E-state index is -0.609. The van der Waals surface area contributed by atoms with Gasteiger partial charge in [-0.25, -0.2) is 19.7 Å². The van der Waals surface area contributed by atoms with E-state index in [2.05, 4.69) is 38.3 Å². The molecule has 0 radical (unpaired) electrons. The summed E-state index contributed by atoms with van der Waals surface area (Å²) in [5, 5.41) is 22.0. The number of aliphatic hydroxyl groups is 2. The van der Waals surface area contributed by atoms with E-state index in [-0.39, 0.29) is 18.7 Å². The first-order valence-corrected chi connectivity index (χ1v) is 11.5. The molecule has 0 aliphatic carbocycles. The molecule has 3 aromatic rings. The van der Waals surface area contributed by atoms with E-state index in [1.807, 2.05) is 12.1 Å². The zero-order chi connectivity index (χ0) is 24.7. The quantitative estimate of drug-likeness (QED) is 0.516. The molecule has 5 heterocycles. The molecule has 35 heavy (non-hydrogen) atoms. The number of piperidine rings is 1. The Hall–Kier alpha value is -3.89. The Balaban J connectivity index is 1.56. The maximum absolute atomic E-state index is 13.3. The average molecular weight is 474 g/mol. The predicted octanol–water partition coefficient (Wildman–Crippen LogP) is 2.44. The first-order chi connectivity index (χ1) is 16.9. The summed E-state index contributed by atoms with van der Waals surface area (Å²) in [5.74, 6) is 0.331. The van der Waals surface area contributed by atoms with Gasteiger partial charge in [0.1, 0.15) is 12.1 Å². The standard InChI is InChI=1S/C25H27N7O3/c1-14-19-12-26-21-5-4-20(17-10-27-22(13-33)28-11-17)30-23(21)24(19)32(25(35)29-14)18-6-8-31(9-7-18)15(2)16(3)34/h4-5,10-12,16,18,33-34H,1-2,6-9,13H2,3H3,(H,29,35)/t16-/m1/s1. The van der Waals surface area contributed by atoms with E-state index < -0.39 is 6.10 Å². The van der Waals surface area contributed by atoms with Crippen molar-refractivity contribution in [3.63, 3.8) is 0 Å². The number of nitrogens with one attached hydrogen (secondary N) is 1. The molecular formula is C25H27N7O3. The summed E-state index contributed by atoms with van der Waals surface area (Å²) in [5.41, 5.74) is 5.17. The number of carbonyl (C=O) groups is 1. The van der Waals surface area contributed by atoms with E-state index >= 15 is 0 Å². The number of nitrogens with zero attached hydrogens (tertiary/aromatic N) is 6. The van der Waals surface area contributed by atoms with Crippen LogP contribution in [0.15, 0.2) is 49.6 Å². The second-order valence-corrected chi connectivity index (χ2v) is 8.80. The molecule has 10 nitrogen and oxygen atoms in total. The monoisotopic (exact) mass is 473 g/mol. The molecular weight excluding hydrogens is 446 g/mol. The number of urea groups is 1. The van der Waals surface area contributed by atoms with Crippen LogP contribution < -0.4 is 10.2 Å². The van der Waals surface area contributed by atoms with Crippen molar-refractivity contribution >= 4 is 28.4 Å². The van der Waals surface area contributed by atoms with E-state index in [1.165, 1.54) is 0 Å². The highest BCUT2D eigenvalue weighted by Crippen LogP contribution is 2.38. The van der Waals surface area contributed by atoms with Crippen molar-refractivity contribution in [3.8, 4) is 11.3 Å². The zero-order valence-electron chi connectivity index (χ0n) is 19.5. The number of pyridine rings is 2. The van der Waals surface area contributed by atoms with Gasteiger partial charge < -0.3 is 20.4 Å². The molecule has 2 aliphatic heterocycles. The van der Waals surface area contributed by atoms with Crippen LogP contribution in [0, 0.1) is 0 Å². The Morgan fingerprint density at radius 1 is 1.20 bits per heavy atom. The van der Waals surface area contributed by atoms with Gasteiger partial charge in [-0.05, 0) is 31.9 Å². The van der Waals surface area contributed by atoms with Crippen LogP contribution in [0.25, 0.3) is 28.0 Å². The lowest BCUT2D eigenvalue weighted by Gasteiger charge is -2.42. The summed E-state index contributed by atoms with van der Waals surface area (Å²) >= 11 is 0. The number of carbonyl (C=O) groups excluding carboxylic acids is 1. The Bertz CT molecular complexity index is 1310. The molecule has 3 N–H and O–H groups in total. The minimum absolute atomic E-state index is 0.0665. The number of hydrogen-bond acceptors (Lipinski definition) is 8. The number of fused-ring (bicyclic) bond motifs is 3. The van der Waals surface area contributed by atoms with Gasteiger partial charge in [0.2, 0.25) is 0 Å². The van der Waals surface area contributed by atoms with Crippen LogP contribution in [0.4, 0.5) is 10.5 Å². The lowest BCUT2D eigenvalue weighted by atomic mass is 9.98. The van der Waals surface area contributed by atoms with E-state index in [9.17, 15) is 15.0 Å². The second-order valence-electron chi connectivity index (χ2n) is 8.80. The van der Waals surface area contributed by atoms with E-state index in [4.69, 9.17) is 4.98 Å². The van der Waals surface area contributed by atoms with Crippen LogP contribution in [0.1, 0.15) is 31.2 Å². The summed E-state index contributed by atoms with van der Waals surface area (Å²) in [4.78, 5) is 34.8. The van der Waals surface area contributed by atoms with Crippen molar-refractivity contribution in [3.05, 3.63) is 61.0 Å². The van der Waals surface area contributed by atoms with Crippen molar-refractivity contribution in [2.24, 2.45) is 0 Å². The Morgan fingerprint density at radius 3 is 2.57 bits per heavy atom. The topological polar surface area (TPSA) is 128 Å². The predicted molar refractivity (Wildman–Crippen MR) is 132 cm³/mol. The van der Waals surface area contributed by atoms with Crippen LogP contribution in [0.2, 0.25) is 0 Å². The lowest BCUT2D eigenvalue weighted by molar-refractivity contribution is 0.159. The largest absolute Gasteiger partial charge is 0.388 e. The number of hydrogen-bond donors (Lipinski definition) is 3. The minimum Gasteiger partial charge on any atom is -0.388 e. The maximum Gasteiger partial charge on any atom is 0.326 e. The lowest BCUT2D eigenvalue weighted by Crippen LogP contribution is -2.53. The molecule has 2 aliphatic rings. The molecule has 1 saturated heterocycles. The Morgan fingerprint density at radius 2 is 1.91 bits per heavy atom. The van der Waals surface area contributed by atoms with Gasteiger partial charge in [-0.3, -0.25) is 9.88 Å². The zero-order valence-corrected chi connectivity index (χ0v) is 19.5. The van der Waals surface area contributed by atoms with Gasteiger partial charge in [0.25, 0.3) is 0 Å². The fraction of sp³-hybridized carbons (Fsp3) is 0.320. The van der Waals surface area contributed by atoms with Gasteiger partial charge in [-0.1, -0.05) is 13.2 Å². The summed E-state index contributed by atoms with van der Waals surface area (Å²) in [6.07, 6.45) is 5.77. The third-order valence-corrected chi connectivity index (χ3v) is 6.59. The van der Waals surface area contributed by atoms with Gasteiger partial charge >= 0.3 is 6.03 Å². The third-order valence-electron chi connectivity index (χ3n) is 6.59. The SMILES string of the molecule is C=C1NC(=O)N(C2CCN(C(=C)[C@@H](C)O)CC2)c2c1cnc1ccc(-c3cnc(CO)nc3)nc21. The molecule has 1 fully saturated rings. The molecule has 10 heteroatoms. The van der Waals surface area contributed by atoms with Gasteiger partial charge in [0.15, 0.2) is 5.82 Å². The van der Waals surface area contributed by atoms with Crippen molar-refractivity contribution < 1.29 is 15.0 Å². The van der Waals surface area contributed by atoms with E-state index in [0.29, 0.717) is 71.1 Å². The normalized spacial score (nSPS) is 17.3. The number of rotatable bonds is 5. The Kier molecular flexibility index (Phi) is 5.91. The van der Waals surface area contributed by atoms with Gasteiger partial charge in [-0.2, -0.15) is 0 Å². The van der Waals surface area contributed by atoms with Crippen molar-refractivity contribution in [1.82, 2.24) is 30.2 Å². The highest BCUT2D eigenvalue weighted by Gasteiger charge is 2.36. The fourth-order valence-corrected chi connectivity index (χ4v) is 4.63. The summed E-state index contributed by atoms with van der Waals surface area (Å²) in [7, 11) is 0. The van der Waals surface area contributed by atoms with Crippen molar-refractivity contribution in [2.75, 3.05) is 18.0 Å². The number of aliphatic hydroxyl groups excluding tert-OH is 2. The van der Waals surface area contributed by atoms with E-state index in [0.717, 1.165) is 5.56 Å². The third kappa shape index (κ3) is 4.11. The molecule has 2 amide bonds. The fourth-order valence-electron chi connectivity index (χ4n) is 4.63. The van der Waals surface area contributed by atoms with Gasteiger partial charge in [0, 0.05) is 60.2 Å². The van der Waals surface area contributed by atoms with Crippen molar-refractivity contribution in [1.29, 1.82) is 0 Å². The second kappa shape index (κ2) is 9.05. The molecule has 0 saturated carbocycles. The van der Waals surface area contributed by atoms with E-state index in [1.54, 1.807) is 30.4 Å². The van der Waals surface area contributed by atoms with Gasteiger partial charge in [0.05, 0.1) is 23.0 Å². The van der Waals surface area contributed by atoms with Gasteiger partial charge in [-0.15, -0.1) is 0 Å². The average Bonchev–Trinajstić information content (AvgIpc) is 2.88. The van der Waals surface area contributed by atoms with Crippen LogP contribution in [-0.2, 0) is 6.61 Å². The van der Waals surface area contributed by atoms with Crippen LogP contribution in [-0.4, -0.2) is 66.3 Å². The molecule has 1 atom stereocenters. The molecule has 0 spiro atoms. The molecule has 180 valence electrons. The molecule has 5 rings (SSSR count). The number of aromatic nitrogens is 4. The number of likely N-dealkylation sites (tertiary alicyclic amines) is 1. The smallest absolute Gasteiger partial charge is 0.326 e. The summed E-state index contributed by atoms with van der Waals surface area (Å²) in [6.45, 7) is 10.9. The number of amides is 2. The first kappa shape index (κ1) is 22.9. The number of anilines is 1. The van der Waals surface area contributed by atoms with Crippen LogP contribution in [0.5, 0.6) is 0 Å². The highest BCUT2D eigenvalue weighted by molar-refractivity contribution is 6.11. The van der Waals surface area contributed by atoms with Crippen molar-refractivity contribution in [2.45, 2.75) is 38.5 Å². The molecule has 0 bridgehead atoms. The molecule has 0 unspecified atom stereocenters. The van der Waals surface area contributed by atoms with Crippen LogP contribution >= 0.6 is 0 Å². The maximum atomic E-state index is 13.3. The summed E-state index contributed by atoms with van der Waals surface area (Å²) in [6, 6.07) is 3.38.